The standard InChI is InChI=1S/C23H18Cl2N4O2S/c1-31-20-12-8-18(9-13-20)26-21(30)14-32-23-28-27-22(15-2-4-16(24)5-3-15)29(23)19-10-6-17(25)7-11-19/h2-13H,14H2,1H3,(H,26,30). The van der Waals surface area contributed by atoms with Gasteiger partial charge in [0.05, 0.1) is 12.9 Å². The van der Waals surface area contributed by atoms with Gasteiger partial charge in [0.15, 0.2) is 11.0 Å². The average Bonchev–Trinajstić information content (AvgIpc) is 3.23. The largest absolute Gasteiger partial charge is 0.497 e. The smallest absolute Gasteiger partial charge is 0.234 e. The third-order valence-electron chi connectivity index (χ3n) is 4.53. The van der Waals surface area contributed by atoms with E-state index >= 15 is 0 Å². The molecule has 1 N–H and O–H groups in total. The minimum absolute atomic E-state index is 0.154. The van der Waals surface area contributed by atoms with Gasteiger partial charge in [-0.15, -0.1) is 10.2 Å². The highest BCUT2D eigenvalue weighted by Crippen LogP contribution is 2.29. The summed E-state index contributed by atoms with van der Waals surface area (Å²) in [5, 5.41) is 13.4. The summed E-state index contributed by atoms with van der Waals surface area (Å²) in [6.45, 7) is 0. The van der Waals surface area contributed by atoms with E-state index in [2.05, 4.69) is 15.5 Å². The van der Waals surface area contributed by atoms with Crippen LogP contribution in [0.3, 0.4) is 0 Å². The van der Waals surface area contributed by atoms with Crippen LogP contribution in [0.25, 0.3) is 17.1 Å². The number of amides is 1. The van der Waals surface area contributed by atoms with Crippen molar-refractivity contribution in [3.8, 4) is 22.8 Å². The molecule has 3 aromatic carbocycles. The first-order chi connectivity index (χ1) is 15.5. The molecule has 162 valence electrons. The molecule has 1 amide bonds. The molecule has 0 saturated carbocycles. The molecule has 4 aromatic rings. The first-order valence-corrected chi connectivity index (χ1v) is 11.3. The highest BCUT2D eigenvalue weighted by atomic mass is 35.5. The Morgan fingerprint density at radius 1 is 0.938 bits per heavy atom. The van der Waals surface area contributed by atoms with E-state index in [1.807, 2.05) is 28.8 Å². The van der Waals surface area contributed by atoms with Crippen molar-refractivity contribution < 1.29 is 9.53 Å². The fourth-order valence-electron chi connectivity index (χ4n) is 2.97. The Balaban J connectivity index is 1.56. The quantitative estimate of drug-likeness (QED) is 0.326. The van der Waals surface area contributed by atoms with Crippen LogP contribution in [0.5, 0.6) is 5.75 Å². The minimum Gasteiger partial charge on any atom is -0.497 e. The van der Waals surface area contributed by atoms with Crippen molar-refractivity contribution in [1.29, 1.82) is 0 Å². The van der Waals surface area contributed by atoms with Gasteiger partial charge >= 0.3 is 0 Å². The number of hydrogen-bond donors (Lipinski definition) is 1. The second-order valence-electron chi connectivity index (χ2n) is 6.69. The monoisotopic (exact) mass is 484 g/mol. The van der Waals surface area contributed by atoms with E-state index in [1.54, 1.807) is 55.6 Å². The molecule has 0 aliphatic carbocycles. The third-order valence-corrected chi connectivity index (χ3v) is 5.96. The lowest BCUT2D eigenvalue weighted by Gasteiger charge is -2.11. The van der Waals surface area contributed by atoms with E-state index in [0.717, 1.165) is 17.0 Å². The van der Waals surface area contributed by atoms with Crippen molar-refractivity contribution in [3.05, 3.63) is 82.8 Å². The van der Waals surface area contributed by atoms with Gasteiger partial charge in [-0.05, 0) is 72.8 Å². The fraction of sp³-hybridized carbons (Fsp3) is 0.0870. The van der Waals surface area contributed by atoms with Crippen molar-refractivity contribution in [1.82, 2.24) is 14.8 Å². The summed E-state index contributed by atoms with van der Waals surface area (Å²) in [4.78, 5) is 12.5. The number of thioether (sulfide) groups is 1. The molecule has 9 heteroatoms. The lowest BCUT2D eigenvalue weighted by atomic mass is 10.2. The van der Waals surface area contributed by atoms with Crippen LogP contribution in [-0.2, 0) is 4.79 Å². The van der Waals surface area contributed by atoms with Crippen LogP contribution in [0.1, 0.15) is 0 Å². The molecular weight excluding hydrogens is 467 g/mol. The van der Waals surface area contributed by atoms with Crippen molar-refractivity contribution in [3.63, 3.8) is 0 Å². The number of benzene rings is 3. The topological polar surface area (TPSA) is 69.0 Å². The molecule has 0 radical (unpaired) electrons. The second-order valence-corrected chi connectivity index (χ2v) is 8.51. The lowest BCUT2D eigenvalue weighted by molar-refractivity contribution is -0.113. The van der Waals surface area contributed by atoms with Crippen LogP contribution in [0.2, 0.25) is 10.0 Å². The van der Waals surface area contributed by atoms with Gasteiger partial charge in [-0.1, -0.05) is 35.0 Å². The maximum atomic E-state index is 12.5. The zero-order chi connectivity index (χ0) is 22.5. The van der Waals surface area contributed by atoms with Crippen LogP contribution in [-0.4, -0.2) is 33.5 Å². The molecule has 0 saturated heterocycles. The number of anilines is 1. The van der Waals surface area contributed by atoms with Crippen molar-refractivity contribution >= 4 is 46.6 Å². The lowest BCUT2D eigenvalue weighted by Crippen LogP contribution is -2.14. The first-order valence-electron chi connectivity index (χ1n) is 9.57. The van der Waals surface area contributed by atoms with E-state index < -0.39 is 0 Å². The minimum atomic E-state index is -0.154. The van der Waals surface area contributed by atoms with Crippen molar-refractivity contribution in [2.24, 2.45) is 0 Å². The van der Waals surface area contributed by atoms with Gasteiger partial charge in [0, 0.05) is 27.0 Å². The summed E-state index contributed by atoms with van der Waals surface area (Å²) in [5.74, 6) is 1.38. The molecule has 0 bridgehead atoms. The number of rotatable bonds is 7. The van der Waals surface area contributed by atoms with Crippen LogP contribution < -0.4 is 10.1 Å². The van der Waals surface area contributed by atoms with E-state index in [-0.39, 0.29) is 11.7 Å². The summed E-state index contributed by atoms with van der Waals surface area (Å²) < 4.78 is 7.03. The molecule has 0 unspecified atom stereocenters. The van der Waals surface area contributed by atoms with Crippen LogP contribution in [0.4, 0.5) is 5.69 Å². The predicted molar refractivity (Wildman–Crippen MR) is 129 cm³/mol. The van der Waals surface area contributed by atoms with Gasteiger partial charge < -0.3 is 10.1 Å². The molecule has 1 heterocycles. The second kappa shape index (κ2) is 10.1. The third kappa shape index (κ3) is 5.24. The SMILES string of the molecule is COc1ccc(NC(=O)CSc2nnc(-c3ccc(Cl)cc3)n2-c2ccc(Cl)cc2)cc1. The number of aromatic nitrogens is 3. The Morgan fingerprint density at radius 2 is 1.56 bits per heavy atom. The Kier molecular flexibility index (Phi) is 6.99. The highest BCUT2D eigenvalue weighted by molar-refractivity contribution is 7.99. The molecule has 0 spiro atoms. The van der Waals surface area contributed by atoms with E-state index in [0.29, 0.717) is 26.7 Å². The molecular formula is C23H18Cl2N4O2S. The van der Waals surface area contributed by atoms with Crippen molar-refractivity contribution in [2.45, 2.75) is 5.16 Å². The molecule has 1 aromatic heterocycles. The van der Waals surface area contributed by atoms with E-state index in [4.69, 9.17) is 27.9 Å². The van der Waals surface area contributed by atoms with Gasteiger partial charge in [-0.2, -0.15) is 0 Å². The predicted octanol–water partition coefficient (Wildman–Crippen LogP) is 5.98. The number of methoxy groups -OCH3 is 1. The summed E-state index contributed by atoms with van der Waals surface area (Å²) in [5.41, 5.74) is 2.38. The molecule has 0 aliphatic heterocycles. The molecule has 4 rings (SSSR count). The van der Waals surface area contributed by atoms with Gasteiger partial charge in [0.2, 0.25) is 5.91 Å². The Hall–Kier alpha value is -3.00. The number of nitrogens with one attached hydrogen (secondary N) is 1. The normalized spacial score (nSPS) is 10.7. The van der Waals surface area contributed by atoms with E-state index in [9.17, 15) is 4.79 Å². The Bertz CT molecular complexity index is 1210. The van der Waals surface area contributed by atoms with Gasteiger partial charge in [0.1, 0.15) is 5.75 Å². The van der Waals surface area contributed by atoms with Gasteiger partial charge in [0.25, 0.3) is 0 Å². The van der Waals surface area contributed by atoms with E-state index in [1.165, 1.54) is 11.8 Å². The first kappa shape index (κ1) is 22.2. The number of halogens is 2. The molecule has 32 heavy (non-hydrogen) atoms. The Labute approximate surface area is 199 Å². The maximum Gasteiger partial charge on any atom is 0.234 e. The van der Waals surface area contributed by atoms with Gasteiger partial charge in [-0.25, -0.2) is 0 Å². The highest BCUT2D eigenvalue weighted by Gasteiger charge is 2.17. The molecule has 0 aliphatic rings. The van der Waals surface area contributed by atoms with Crippen LogP contribution in [0, 0.1) is 0 Å². The van der Waals surface area contributed by atoms with Crippen LogP contribution in [0.15, 0.2) is 78.0 Å². The Morgan fingerprint density at radius 3 is 2.19 bits per heavy atom. The summed E-state index contributed by atoms with van der Waals surface area (Å²) in [6, 6.07) is 21.9. The molecule has 0 fully saturated rings. The number of carbonyl (C=O) groups is 1. The number of hydrogen-bond acceptors (Lipinski definition) is 5. The summed E-state index contributed by atoms with van der Waals surface area (Å²) in [6.07, 6.45) is 0. The summed E-state index contributed by atoms with van der Waals surface area (Å²) >= 11 is 13.4. The maximum absolute atomic E-state index is 12.5. The zero-order valence-corrected chi connectivity index (χ0v) is 19.3. The zero-order valence-electron chi connectivity index (χ0n) is 17.0. The van der Waals surface area contributed by atoms with Crippen molar-refractivity contribution in [2.75, 3.05) is 18.2 Å². The number of carbonyl (C=O) groups excluding carboxylic acids is 1. The van der Waals surface area contributed by atoms with Gasteiger partial charge in [-0.3, -0.25) is 9.36 Å². The molecule has 0 atom stereocenters. The average molecular weight is 485 g/mol. The summed E-state index contributed by atoms with van der Waals surface area (Å²) in [7, 11) is 1.60. The fourth-order valence-corrected chi connectivity index (χ4v) is 3.98. The number of ether oxygens (including phenoxy) is 1. The number of nitrogens with zero attached hydrogens (tertiary/aromatic N) is 3. The molecule has 6 nitrogen and oxygen atoms in total. The van der Waals surface area contributed by atoms with Crippen LogP contribution >= 0.6 is 35.0 Å².